The standard InChI is InChI=1S/C11H13ClO3S/c1-15-11-6-9-4-2-3-8(9)5-10(11)7-16(12,13)14/h5-6H,2-4,7H2,1H3. The topological polar surface area (TPSA) is 43.4 Å². The van der Waals surface area contributed by atoms with E-state index in [-0.39, 0.29) is 5.75 Å². The molecular formula is C11H13ClO3S. The number of ether oxygens (including phenoxy) is 1. The molecular weight excluding hydrogens is 248 g/mol. The van der Waals surface area contributed by atoms with Crippen LogP contribution >= 0.6 is 10.7 Å². The summed E-state index contributed by atoms with van der Waals surface area (Å²) in [7, 11) is 3.27. The Morgan fingerprint density at radius 1 is 1.31 bits per heavy atom. The molecule has 1 aromatic carbocycles. The predicted molar refractivity (Wildman–Crippen MR) is 63.5 cm³/mol. The maximum Gasteiger partial charge on any atom is 0.236 e. The number of rotatable bonds is 3. The van der Waals surface area contributed by atoms with Gasteiger partial charge in [-0.3, -0.25) is 0 Å². The minimum absolute atomic E-state index is 0.176. The number of halogens is 1. The lowest BCUT2D eigenvalue weighted by atomic mass is 10.1. The van der Waals surface area contributed by atoms with E-state index >= 15 is 0 Å². The van der Waals surface area contributed by atoms with Crippen molar-refractivity contribution in [2.24, 2.45) is 0 Å². The van der Waals surface area contributed by atoms with Crippen molar-refractivity contribution in [2.75, 3.05) is 7.11 Å². The molecule has 0 radical (unpaired) electrons. The Hall–Kier alpha value is -0.740. The molecule has 0 heterocycles. The highest BCUT2D eigenvalue weighted by Crippen LogP contribution is 2.31. The van der Waals surface area contributed by atoms with Crippen LogP contribution in [-0.2, 0) is 27.6 Å². The fourth-order valence-corrected chi connectivity index (χ4v) is 3.09. The summed E-state index contributed by atoms with van der Waals surface area (Å²) in [6, 6.07) is 3.83. The smallest absolute Gasteiger partial charge is 0.236 e. The van der Waals surface area contributed by atoms with Crippen LogP contribution in [0.25, 0.3) is 0 Å². The van der Waals surface area contributed by atoms with Gasteiger partial charge in [-0.25, -0.2) is 8.42 Å². The van der Waals surface area contributed by atoms with Gasteiger partial charge < -0.3 is 4.74 Å². The molecule has 5 heteroatoms. The van der Waals surface area contributed by atoms with Crippen LogP contribution in [0.3, 0.4) is 0 Å². The Morgan fingerprint density at radius 2 is 1.94 bits per heavy atom. The molecule has 1 aliphatic rings. The fourth-order valence-electron chi connectivity index (χ4n) is 2.14. The zero-order chi connectivity index (χ0) is 11.8. The first-order valence-electron chi connectivity index (χ1n) is 5.10. The molecule has 1 aliphatic carbocycles. The van der Waals surface area contributed by atoms with Crippen LogP contribution in [0.4, 0.5) is 0 Å². The van der Waals surface area contributed by atoms with E-state index in [1.54, 1.807) is 7.11 Å². The number of hydrogen-bond acceptors (Lipinski definition) is 3. The van der Waals surface area contributed by atoms with E-state index in [0.29, 0.717) is 11.3 Å². The highest BCUT2D eigenvalue weighted by molar-refractivity contribution is 8.13. The number of benzene rings is 1. The first-order valence-corrected chi connectivity index (χ1v) is 7.58. The lowest BCUT2D eigenvalue weighted by molar-refractivity contribution is 0.410. The summed E-state index contributed by atoms with van der Waals surface area (Å²) in [6.07, 6.45) is 3.17. The minimum atomic E-state index is -3.53. The Kier molecular flexibility index (Phi) is 3.13. The van der Waals surface area contributed by atoms with Gasteiger partial charge in [0.1, 0.15) is 5.75 Å². The zero-order valence-electron chi connectivity index (χ0n) is 8.99. The molecule has 0 fully saturated rings. The number of hydrogen-bond donors (Lipinski definition) is 0. The van der Waals surface area contributed by atoms with Crippen LogP contribution < -0.4 is 4.74 Å². The summed E-state index contributed by atoms with van der Waals surface area (Å²) < 4.78 is 27.4. The van der Waals surface area contributed by atoms with E-state index in [4.69, 9.17) is 15.4 Å². The Bertz CT molecular complexity index is 508. The molecule has 0 amide bonds. The van der Waals surface area contributed by atoms with E-state index in [0.717, 1.165) is 19.3 Å². The fraction of sp³-hybridized carbons (Fsp3) is 0.455. The third kappa shape index (κ3) is 2.50. The van der Waals surface area contributed by atoms with Crippen molar-refractivity contribution in [3.05, 3.63) is 28.8 Å². The summed E-state index contributed by atoms with van der Waals surface area (Å²) in [5.74, 6) is 0.440. The summed E-state index contributed by atoms with van der Waals surface area (Å²) in [6.45, 7) is 0. The Balaban J connectivity index is 2.44. The van der Waals surface area contributed by atoms with E-state index in [2.05, 4.69) is 0 Å². The van der Waals surface area contributed by atoms with Gasteiger partial charge >= 0.3 is 0 Å². The molecule has 1 aromatic rings. The molecule has 0 N–H and O–H groups in total. The second-order valence-corrected chi connectivity index (χ2v) is 6.75. The second kappa shape index (κ2) is 4.26. The van der Waals surface area contributed by atoms with Gasteiger partial charge in [0.15, 0.2) is 0 Å². The van der Waals surface area contributed by atoms with Crippen molar-refractivity contribution in [3.8, 4) is 5.75 Å². The predicted octanol–water partition coefficient (Wildman–Crippen LogP) is 2.25. The molecule has 0 aromatic heterocycles. The molecule has 0 saturated heterocycles. The summed E-state index contributed by atoms with van der Waals surface area (Å²) in [5, 5.41) is 0. The molecule has 0 spiro atoms. The molecule has 0 atom stereocenters. The van der Waals surface area contributed by atoms with Crippen molar-refractivity contribution in [3.63, 3.8) is 0 Å². The Morgan fingerprint density at radius 3 is 2.50 bits per heavy atom. The molecule has 0 aliphatic heterocycles. The van der Waals surface area contributed by atoms with Crippen LogP contribution in [0.15, 0.2) is 12.1 Å². The molecule has 0 bridgehead atoms. The third-order valence-electron chi connectivity index (χ3n) is 2.82. The monoisotopic (exact) mass is 260 g/mol. The van der Waals surface area contributed by atoms with Crippen LogP contribution in [0.2, 0.25) is 0 Å². The highest BCUT2D eigenvalue weighted by Gasteiger charge is 2.18. The molecule has 3 nitrogen and oxygen atoms in total. The number of fused-ring (bicyclic) bond motifs is 1. The van der Waals surface area contributed by atoms with E-state index in [9.17, 15) is 8.42 Å². The Labute approximate surface area is 99.8 Å². The third-order valence-corrected chi connectivity index (χ3v) is 3.81. The molecule has 2 rings (SSSR count). The highest BCUT2D eigenvalue weighted by atomic mass is 35.7. The number of methoxy groups -OCH3 is 1. The molecule has 0 saturated carbocycles. The number of aryl methyl sites for hydroxylation is 2. The van der Waals surface area contributed by atoms with Crippen molar-refractivity contribution in [1.29, 1.82) is 0 Å². The van der Waals surface area contributed by atoms with Gasteiger partial charge in [0.05, 0.1) is 12.9 Å². The first-order chi connectivity index (χ1) is 7.49. The van der Waals surface area contributed by atoms with Gasteiger partial charge in [0.2, 0.25) is 9.05 Å². The lowest BCUT2D eigenvalue weighted by Crippen LogP contribution is -2.00. The van der Waals surface area contributed by atoms with Gasteiger partial charge in [-0.1, -0.05) is 6.07 Å². The van der Waals surface area contributed by atoms with Crippen molar-refractivity contribution in [1.82, 2.24) is 0 Å². The molecule has 16 heavy (non-hydrogen) atoms. The van der Waals surface area contributed by atoms with Crippen LogP contribution in [0.1, 0.15) is 23.1 Å². The van der Waals surface area contributed by atoms with Crippen LogP contribution in [-0.4, -0.2) is 15.5 Å². The minimum Gasteiger partial charge on any atom is -0.496 e. The average Bonchev–Trinajstić information content (AvgIpc) is 2.60. The van der Waals surface area contributed by atoms with E-state index in [1.165, 1.54) is 11.1 Å². The summed E-state index contributed by atoms with van der Waals surface area (Å²) in [5.41, 5.74) is 3.13. The largest absolute Gasteiger partial charge is 0.496 e. The van der Waals surface area contributed by atoms with Crippen molar-refractivity contribution in [2.45, 2.75) is 25.0 Å². The van der Waals surface area contributed by atoms with E-state index < -0.39 is 9.05 Å². The average molecular weight is 261 g/mol. The maximum atomic E-state index is 11.1. The summed E-state index contributed by atoms with van der Waals surface area (Å²) in [4.78, 5) is 0. The van der Waals surface area contributed by atoms with Gasteiger partial charge in [0.25, 0.3) is 0 Å². The van der Waals surface area contributed by atoms with Gasteiger partial charge in [-0.05, 0) is 36.5 Å². The van der Waals surface area contributed by atoms with E-state index in [1.807, 2.05) is 12.1 Å². The van der Waals surface area contributed by atoms with Crippen LogP contribution in [0, 0.1) is 0 Å². The van der Waals surface area contributed by atoms with Crippen molar-refractivity contribution >= 4 is 19.7 Å². The zero-order valence-corrected chi connectivity index (χ0v) is 10.6. The summed E-state index contributed by atoms with van der Waals surface area (Å²) >= 11 is 0. The van der Waals surface area contributed by atoms with Gasteiger partial charge in [0, 0.05) is 16.2 Å². The van der Waals surface area contributed by atoms with Gasteiger partial charge in [-0.2, -0.15) is 0 Å². The van der Waals surface area contributed by atoms with Crippen LogP contribution in [0.5, 0.6) is 5.75 Å². The van der Waals surface area contributed by atoms with Gasteiger partial charge in [-0.15, -0.1) is 0 Å². The quantitative estimate of drug-likeness (QED) is 0.783. The first kappa shape index (κ1) is 11.7. The second-order valence-electron chi connectivity index (χ2n) is 3.97. The normalized spacial score (nSPS) is 14.9. The molecule has 88 valence electrons. The molecule has 0 unspecified atom stereocenters. The maximum absolute atomic E-state index is 11.1. The van der Waals surface area contributed by atoms with Crippen molar-refractivity contribution < 1.29 is 13.2 Å². The lowest BCUT2D eigenvalue weighted by Gasteiger charge is -2.10. The SMILES string of the molecule is COc1cc2c(cc1CS(=O)(=O)Cl)CCC2.